The molecule has 8 nitrogen and oxygen atoms in total. The maximum Gasteiger partial charge on any atom is 0.214 e. The Morgan fingerprint density at radius 3 is 1.73 bits per heavy atom. The molecule has 0 N–H and O–H groups in total. The molecule has 0 bridgehead atoms. The maximum absolute atomic E-state index is 11.6. The third-order valence-corrected chi connectivity index (χ3v) is 6.33. The first-order valence-electron chi connectivity index (χ1n) is 12.4. The van der Waals surface area contributed by atoms with E-state index in [1.165, 1.54) is 7.11 Å². The Morgan fingerprint density at radius 2 is 1.24 bits per heavy atom. The molecular formula is C29H33NO7. The van der Waals surface area contributed by atoms with Crippen LogP contribution in [-0.2, 0) is 43.5 Å². The van der Waals surface area contributed by atoms with Crippen LogP contribution in [0.5, 0.6) is 0 Å². The van der Waals surface area contributed by atoms with Crippen molar-refractivity contribution in [1.29, 1.82) is 0 Å². The number of ether oxygens (including phenoxy) is 5. The molecule has 1 saturated heterocycles. The SMILES string of the molecule is COC1OC(COCc2ccccc2)C(OCc2ccccc2)C(OCc2ccccc2)C1C[N+](=O)[O-]. The Labute approximate surface area is 217 Å². The minimum Gasteiger partial charge on any atom is -0.374 e. The van der Waals surface area contributed by atoms with Gasteiger partial charge in [0, 0.05) is 12.0 Å². The first-order valence-corrected chi connectivity index (χ1v) is 12.4. The van der Waals surface area contributed by atoms with Crippen LogP contribution in [0.3, 0.4) is 0 Å². The quantitative estimate of drug-likeness (QED) is 0.246. The second-order valence-corrected chi connectivity index (χ2v) is 8.98. The van der Waals surface area contributed by atoms with Crippen LogP contribution in [0.2, 0.25) is 0 Å². The molecule has 1 aliphatic rings. The van der Waals surface area contributed by atoms with Crippen molar-refractivity contribution < 1.29 is 28.6 Å². The second-order valence-electron chi connectivity index (χ2n) is 8.98. The summed E-state index contributed by atoms with van der Waals surface area (Å²) >= 11 is 0. The van der Waals surface area contributed by atoms with Crippen molar-refractivity contribution in [3.63, 3.8) is 0 Å². The van der Waals surface area contributed by atoms with E-state index in [2.05, 4.69) is 0 Å². The zero-order valence-corrected chi connectivity index (χ0v) is 20.9. The van der Waals surface area contributed by atoms with Gasteiger partial charge in [-0.15, -0.1) is 0 Å². The molecule has 0 spiro atoms. The smallest absolute Gasteiger partial charge is 0.214 e. The third kappa shape index (κ3) is 7.92. The van der Waals surface area contributed by atoms with Crippen molar-refractivity contribution >= 4 is 0 Å². The van der Waals surface area contributed by atoms with Gasteiger partial charge in [0.25, 0.3) is 0 Å². The third-order valence-electron chi connectivity index (χ3n) is 6.33. The van der Waals surface area contributed by atoms with Gasteiger partial charge in [0.15, 0.2) is 6.29 Å². The first-order chi connectivity index (χ1) is 18.1. The van der Waals surface area contributed by atoms with Crippen molar-refractivity contribution in [1.82, 2.24) is 0 Å². The highest BCUT2D eigenvalue weighted by atomic mass is 16.7. The standard InChI is InChI=1S/C29H33NO7/c1-33-29-25(17-30(31)32)27(35-19-23-13-7-3-8-14-23)28(36-20-24-15-9-4-10-16-24)26(37-29)21-34-18-22-11-5-2-6-12-22/h2-16,25-29H,17-21H2,1H3. The van der Waals surface area contributed by atoms with Crippen molar-refractivity contribution in [2.24, 2.45) is 5.92 Å². The fourth-order valence-corrected chi connectivity index (χ4v) is 4.51. The van der Waals surface area contributed by atoms with Gasteiger partial charge in [0.05, 0.1) is 26.4 Å². The molecule has 8 heteroatoms. The minimum absolute atomic E-state index is 0.213. The summed E-state index contributed by atoms with van der Waals surface area (Å²) in [5.74, 6) is -0.671. The van der Waals surface area contributed by atoms with E-state index in [0.29, 0.717) is 13.2 Å². The van der Waals surface area contributed by atoms with E-state index >= 15 is 0 Å². The van der Waals surface area contributed by atoms with Gasteiger partial charge in [0.2, 0.25) is 6.54 Å². The van der Waals surface area contributed by atoms with Crippen LogP contribution in [0, 0.1) is 16.0 Å². The molecule has 3 aromatic rings. The molecule has 5 atom stereocenters. The van der Waals surface area contributed by atoms with Crippen molar-refractivity contribution in [2.45, 2.75) is 44.4 Å². The van der Waals surface area contributed by atoms with Crippen LogP contribution in [0.25, 0.3) is 0 Å². The van der Waals surface area contributed by atoms with Gasteiger partial charge in [-0.2, -0.15) is 0 Å². The number of hydrogen-bond acceptors (Lipinski definition) is 7. The van der Waals surface area contributed by atoms with Crippen LogP contribution < -0.4 is 0 Å². The lowest BCUT2D eigenvalue weighted by molar-refractivity contribution is -0.502. The van der Waals surface area contributed by atoms with E-state index in [1.807, 2.05) is 91.0 Å². The lowest BCUT2D eigenvalue weighted by Gasteiger charge is -2.44. The molecule has 196 valence electrons. The highest BCUT2D eigenvalue weighted by molar-refractivity contribution is 5.15. The molecule has 0 aliphatic carbocycles. The van der Waals surface area contributed by atoms with E-state index in [9.17, 15) is 10.1 Å². The molecule has 5 unspecified atom stereocenters. The number of nitro groups is 1. The molecule has 0 radical (unpaired) electrons. The highest BCUT2D eigenvalue weighted by Crippen LogP contribution is 2.33. The van der Waals surface area contributed by atoms with Crippen LogP contribution >= 0.6 is 0 Å². The van der Waals surface area contributed by atoms with E-state index < -0.39 is 30.5 Å². The largest absolute Gasteiger partial charge is 0.374 e. The fourth-order valence-electron chi connectivity index (χ4n) is 4.51. The normalized spacial score (nSPS) is 23.5. The van der Waals surface area contributed by atoms with E-state index in [-0.39, 0.29) is 24.7 Å². The molecular weight excluding hydrogens is 474 g/mol. The van der Waals surface area contributed by atoms with Crippen LogP contribution in [0.15, 0.2) is 91.0 Å². The monoisotopic (exact) mass is 507 g/mol. The first kappa shape index (κ1) is 26.9. The van der Waals surface area contributed by atoms with Gasteiger partial charge < -0.3 is 23.7 Å². The number of benzene rings is 3. The van der Waals surface area contributed by atoms with Gasteiger partial charge in [-0.3, -0.25) is 10.1 Å². The number of rotatable bonds is 13. The molecule has 0 saturated carbocycles. The maximum atomic E-state index is 11.6. The van der Waals surface area contributed by atoms with E-state index in [4.69, 9.17) is 23.7 Å². The summed E-state index contributed by atoms with van der Waals surface area (Å²) in [6, 6.07) is 29.3. The lowest BCUT2D eigenvalue weighted by Crippen LogP contribution is -2.59. The molecule has 37 heavy (non-hydrogen) atoms. The molecule has 3 aromatic carbocycles. The predicted molar refractivity (Wildman–Crippen MR) is 137 cm³/mol. The average Bonchev–Trinajstić information content (AvgIpc) is 2.93. The summed E-state index contributed by atoms with van der Waals surface area (Å²) in [5, 5.41) is 11.6. The predicted octanol–water partition coefficient (Wildman–Crippen LogP) is 4.64. The molecule has 4 rings (SSSR count). The summed E-state index contributed by atoms with van der Waals surface area (Å²) in [6.07, 6.45) is -2.66. The summed E-state index contributed by atoms with van der Waals surface area (Å²) < 4.78 is 30.5. The van der Waals surface area contributed by atoms with Crippen LogP contribution in [0.1, 0.15) is 16.7 Å². The second kappa shape index (κ2) is 14.0. The van der Waals surface area contributed by atoms with Gasteiger partial charge in [0.1, 0.15) is 24.2 Å². The van der Waals surface area contributed by atoms with Gasteiger partial charge in [-0.25, -0.2) is 0 Å². The summed E-state index contributed by atoms with van der Waals surface area (Å²) in [4.78, 5) is 11.3. The number of nitrogens with zero attached hydrogens (tertiary/aromatic N) is 1. The topological polar surface area (TPSA) is 89.3 Å². The Bertz CT molecular complexity index is 1070. The van der Waals surface area contributed by atoms with Crippen LogP contribution in [0.4, 0.5) is 0 Å². The van der Waals surface area contributed by atoms with E-state index in [0.717, 1.165) is 16.7 Å². The summed E-state index contributed by atoms with van der Waals surface area (Å²) in [5.41, 5.74) is 2.97. The minimum atomic E-state index is -0.840. The number of hydrogen-bond donors (Lipinski definition) is 0. The zero-order valence-electron chi connectivity index (χ0n) is 20.9. The molecule has 1 fully saturated rings. The Morgan fingerprint density at radius 1 is 0.757 bits per heavy atom. The summed E-state index contributed by atoms with van der Waals surface area (Å²) in [6.45, 7) is 0.819. The summed E-state index contributed by atoms with van der Waals surface area (Å²) in [7, 11) is 1.49. The number of methoxy groups -OCH3 is 1. The molecule has 0 aromatic heterocycles. The Hall–Kier alpha value is -3.14. The van der Waals surface area contributed by atoms with Crippen molar-refractivity contribution in [2.75, 3.05) is 20.3 Å². The Balaban J connectivity index is 1.56. The highest BCUT2D eigenvalue weighted by Gasteiger charge is 2.50. The van der Waals surface area contributed by atoms with Gasteiger partial charge in [-0.05, 0) is 16.7 Å². The molecule has 1 aliphatic heterocycles. The van der Waals surface area contributed by atoms with Crippen LogP contribution in [-0.4, -0.2) is 49.8 Å². The lowest BCUT2D eigenvalue weighted by atomic mass is 9.90. The van der Waals surface area contributed by atoms with E-state index in [1.54, 1.807) is 0 Å². The average molecular weight is 508 g/mol. The van der Waals surface area contributed by atoms with Gasteiger partial charge in [-0.1, -0.05) is 91.0 Å². The fraction of sp³-hybridized carbons (Fsp3) is 0.379. The van der Waals surface area contributed by atoms with Gasteiger partial charge >= 0.3 is 0 Å². The molecule has 0 amide bonds. The van der Waals surface area contributed by atoms with Crippen molar-refractivity contribution in [3.8, 4) is 0 Å². The van der Waals surface area contributed by atoms with Crippen molar-refractivity contribution in [3.05, 3.63) is 118 Å². The zero-order chi connectivity index (χ0) is 25.9. The Kier molecular flexibility index (Phi) is 10.2. The molecule has 1 heterocycles.